The Kier molecular flexibility index (Phi) is 6.31. The Morgan fingerprint density at radius 1 is 1.33 bits per heavy atom. The van der Waals surface area contributed by atoms with Crippen LogP contribution in [0.25, 0.3) is 0 Å². The molecule has 1 aromatic rings. The van der Waals surface area contributed by atoms with E-state index in [1.807, 2.05) is 12.1 Å². The molecule has 1 saturated heterocycles. The minimum atomic E-state index is 0.779. The standard InChI is InChI=1S/C17H28ClN3/c1-4-19-17-8-7-15(18)16(20-17)12-21-10-5-6-14(9-11-21)13(2)3/h7-8,13-14H,4-6,9-12H2,1-3H3,(H,19,20). The lowest BCUT2D eigenvalue weighted by Gasteiger charge is -2.21. The van der Waals surface area contributed by atoms with E-state index in [9.17, 15) is 0 Å². The number of nitrogens with one attached hydrogen (secondary N) is 1. The summed E-state index contributed by atoms with van der Waals surface area (Å²) in [6, 6.07) is 3.91. The molecule has 3 nitrogen and oxygen atoms in total. The monoisotopic (exact) mass is 309 g/mol. The van der Waals surface area contributed by atoms with Gasteiger partial charge in [0.2, 0.25) is 0 Å². The average Bonchev–Trinajstić information content (AvgIpc) is 2.68. The van der Waals surface area contributed by atoms with Gasteiger partial charge in [-0.2, -0.15) is 0 Å². The van der Waals surface area contributed by atoms with Crippen molar-refractivity contribution in [3.05, 3.63) is 22.8 Å². The number of nitrogens with zero attached hydrogens (tertiary/aromatic N) is 2. The molecular formula is C17H28ClN3. The van der Waals surface area contributed by atoms with Crippen LogP contribution in [0.15, 0.2) is 12.1 Å². The number of rotatable bonds is 5. The zero-order valence-electron chi connectivity index (χ0n) is 13.5. The first-order valence-corrected chi connectivity index (χ1v) is 8.59. The van der Waals surface area contributed by atoms with E-state index in [1.54, 1.807) is 0 Å². The number of hydrogen-bond acceptors (Lipinski definition) is 3. The van der Waals surface area contributed by atoms with E-state index >= 15 is 0 Å². The van der Waals surface area contributed by atoms with Crippen molar-refractivity contribution in [1.82, 2.24) is 9.88 Å². The van der Waals surface area contributed by atoms with Gasteiger partial charge in [0.15, 0.2) is 0 Å². The first-order valence-electron chi connectivity index (χ1n) is 8.21. The van der Waals surface area contributed by atoms with E-state index in [-0.39, 0.29) is 0 Å². The topological polar surface area (TPSA) is 28.2 Å². The van der Waals surface area contributed by atoms with Crippen LogP contribution in [-0.2, 0) is 6.54 Å². The molecule has 1 aromatic heterocycles. The molecule has 1 N–H and O–H groups in total. The second kappa shape index (κ2) is 8.00. The van der Waals surface area contributed by atoms with Gasteiger partial charge < -0.3 is 5.32 Å². The van der Waals surface area contributed by atoms with Gasteiger partial charge in [-0.25, -0.2) is 4.98 Å². The molecule has 0 amide bonds. The molecule has 0 aromatic carbocycles. The highest BCUT2D eigenvalue weighted by Gasteiger charge is 2.20. The molecule has 1 aliphatic heterocycles. The molecule has 0 aliphatic carbocycles. The molecule has 0 saturated carbocycles. The third-order valence-electron chi connectivity index (χ3n) is 4.46. The molecular weight excluding hydrogens is 282 g/mol. The predicted octanol–water partition coefficient (Wildman–Crippen LogP) is 4.42. The van der Waals surface area contributed by atoms with Crippen molar-refractivity contribution < 1.29 is 0 Å². The quantitative estimate of drug-likeness (QED) is 0.872. The van der Waals surface area contributed by atoms with Crippen molar-refractivity contribution in [2.45, 2.75) is 46.6 Å². The van der Waals surface area contributed by atoms with Crippen LogP contribution in [0, 0.1) is 11.8 Å². The third kappa shape index (κ3) is 4.86. The SMILES string of the molecule is CCNc1ccc(Cl)c(CN2CCCC(C(C)C)CC2)n1. The van der Waals surface area contributed by atoms with Gasteiger partial charge in [-0.05, 0) is 63.2 Å². The van der Waals surface area contributed by atoms with Gasteiger partial charge in [-0.15, -0.1) is 0 Å². The van der Waals surface area contributed by atoms with Crippen molar-refractivity contribution in [2.24, 2.45) is 11.8 Å². The zero-order valence-corrected chi connectivity index (χ0v) is 14.3. The van der Waals surface area contributed by atoms with Gasteiger partial charge in [0.1, 0.15) is 5.82 Å². The number of aromatic nitrogens is 1. The highest BCUT2D eigenvalue weighted by Crippen LogP contribution is 2.26. The fraction of sp³-hybridized carbons (Fsp3) is 0.706. The molecule has 0 spiro atoms. The first-order chi connectivity index (χ1) is 10.1. The van der Waals surface area contributed by atoms with Crippen LogP contribution in [0.1, 0.15) is 45.7 Å². The molecule has 2 rings (SSSR count). The maximum Gasteiger partial charge on any atom is 0.126 e. The Hall–Kier alpha value is -0.800. The molecule has 0 radical (unpaired) electrons. The Morgan fingerprint density at radius 3 is 2.86 bits per heavy atom. The maximum absolute atomic E-state index is 6.32. The van der Waals surface area contributed by atoms with E-state index in [0.717, 1.165) is 54.5 Å². The van der Waals surface area contributed by atoms with Crippen LogP contribution in [0.4, 0.5) is 5.82 Å². The number of anilines is 1. The van der Waals surface area contributed by atoms with Crippen molar-refractivity contribution in [2.75, 3.05) is 25.0 Å². The normalized spacial score (nSPS) is 20.5. The van der Waals surface area contributed by atoms with Crippen molar-refractivity contribution in [3.8, 4) is 0 Å². The fourth-order valence-electron chi connectivity index (χ4n) is 3.09. The molecule has 1 atom stereocenters. The lowest BCUT2D eigenvalue weighted by Crippen LogP contribution is -2.25. The van der Waals surface area contributed by atoms with Gasteiger partial charge in [0, 0.05) is 13.1 Å². The van der Waals surface area contributed by atoms with E-state index in [2.05, 4.69) is 36.0 Å². The number of likely N-dealkylation sites (tertiary alicyclic amines) is 1. The summed E-state index contributed by atoms with van der Waals surface area (Å²) in [6.45, 7) is 10.8. The van der Waals surface area contributed by atoms with Gasteiger partial charge >= 0.3 is 0 Å². The fourth-order valence-corrected chi connectivity index (χ4v) is 3.26. The third-order valence-corrected chi connectivity index (χ3v) is 4.80. The van der Waals surface area contributed by atoms with E-state index < -0.39 is 0 Å². The van der Waals surface area contributed by atoms with Gasteiger partial charge in [-0.3, -0.25) is 4.90 Å². The minimum absolute atomic E-state index is 0.779. The summed E-state index contributed by atoms with van der Waals surface area (Å²) in [5, 5.41) is 4.04. The lowest BCUT2D eigenvalue weighted by molar-refractivity contribution is 0.262. The number of halogens is 1. The lowest BCUT2D eigenvalue weighted by atomic mass is 9.89. The Bertz CT molecular complexity index is 448. The Labute approximate surface area is 134 Å². The summed E-state index contributed by atoms with van der Waals surface area (Å²) in [7, 11) is 0. The Morgan fingerprint density at radius 2 is 2.14 bits per heavy atom. The average molecular weight is 310 g/mol. The second-order valence-corrected chi connectivity index (χ2v) is 6.77. The highest BCUT2D eigenvalue weighted by molar-refractivity contribution is 6.31. The highest BCUT2D eigenvalue weighted by atomic mass is 35.5. The summed E-state index contributed by atoms with van der Waals surface area (Å²) in [6.07, 6.45) is 3.93. The molecule has 1 unspecified atom stereocenters. The second-order valence-electron chi connectivity index (χ2n) is 6.37. The summed E-state index contributed by atoms with van der Waals surface area (Å²) in [5.74, 6) is 2.59. The zero-order chi connectivity index (χ0) is 15.2. The minimum Gasteiger partial charge on any atom is -0.370 e. The van der Waals surface area contributed by atoms with Crippen LogP contribution < -0.4 is 5.32 Å². The molecule has 4 heteroatoms. The molecule has 1 aliphatic rings. The van der Waals surface area contributed by atoms with Crippen LogP contribution in [0.2, 0.25) is 5.02 Å². The van der Waals surface area contributed by atoms with Gasteiger partial charge in [0.25, 0.3) is 0 Å². The van der Waals surface area contributed by atoms with Crippen molar-refractivity contribution in [3.63, 3.8) is 0 Å². The molecule has 21 heavy (non-hydrogen) atoms. The number of hydrogen-bond donors (Lipinski definition) is 1. The van der Waals surface area contributed by atoms with Crippen molar-refractivity contribution in [1.29, 1.82) is 0 Å². The first kappa shape index (κ1) is 16.6. The van der Waals surface area contributed by atoms with Crippen LogP contribution in [0.3, 0.4) is 0 Å². The smallest absolute Gasteiger partial charge is 0.126 e. The molecule has 2 heterocycles. The van der Waals surface area contributed by atoms with Gasteiger partial charge in [0.05, 0.1) is 10.7 Å². The summed E-state index contributed by atoms with van der Waals surface area (Å²) < 4.78 is 0. The van der Waals surface area contributed by atoms with Crippen molar-refractivity contribution >= 4 is 17.4 Å². The molecule has 0 bridgehead atoms. The van der Waals surface area contributed by atoms with Crippen LogP contribution in [0.5, 0.6) is 0 Å². The summed E-state index contributed by atoms with van der Waals surface area (Å²) >= 11 is 6.32. The van der Waals surface area contributed by atoms with E-state index in [4.69, 9.17) is 11.6 Å². The molecule has 1 fully saturated rings. The van der Waals surface area contributed by atoms with E-state index in [0.29, 0.717) is 0 Å². The van der Waals surface area contributed by atoms with Crippen LogP contribution >= 0.6 is 11.6 Å². The summed E-state index contributed by atoms with van der Waals surface area (Å²) in [4.78, 5) is 7.16. The van der Waals surface area contributed by atoms with E-state index in [1.165, 1.54) is 19.3 Å². The largest absolute Gasteiger partial charge is 0.370 e. The van der Waals surface area contributed by atoms with Gasteiger partial charge in [-0.1, -0.05) is 25.4 Å². The maximum atomic E-state index is 6.32. The predicted molar refractivity (Wildman–Crippen MR) is 90.9 cm³/mol. The number of pyridine rings is 1. The Balaban J connectivity index is 1.99. The molecule has 118 valence electrons. The summed E-state index contributed by atoms with van der Waals surface area (Å²) in [5.41, 5.74) is 0.998. The van der Waals surface area contributed by atoms with Crippen LogP contribution in [-0.4, -0.2) is 29.5 Å².